The van der Waals surface area contributed by atoms with Crippen molar-refractivity contribution in [2.24, 2.45) is 17.8 Å². The molecule has 154 valence electrons. The van der Waals surface area contributed by atoms with Gasteiger partial charge in [-0.05, 0) is 34.9 Å². The van der Waals surface area contributed by atoms with Gasteiger partial charge in [-0.15, -0.1) is 0 Å². The van der Waals surface area contributed by atoms with Crippen molar-refractivity contribution in [3.63, 3.8) is 0 Å². The van der Waals surface area contributed by atoms with Gasteiger partial charge in [-0.1, -0.05) is 115 Å². The largest absolute Gasteiger partial charge is 0.357 e. The lowest BCUT2D eigenvalue weighted by Crippen LogP contribution is -2.33. The lowest BCUT2D eigenvalue weighted by atomic mass is 9.80. The fourth-order valence-corrected chi connectivity index (χ4v) is 5.23. The highest BCUT2D eigenvalue weighted by molar-refractivity contribution is 5.63. The Labute approximate surface area is 183 Å². The van der Waals surface area contributed by atoms with E-state index in [9.17, 15) is 4.79 Å². The molecule has 0 radical (unpaired) electrons. The third-order valence-electron chi connectivity index (χ3n) is 6.70. The number of hydrogen-bond donors (Lipinski definition) is 0. The molecule has 5 rings (SSSR count). The van der Waals surface area contributed by atoms with Gasteiger partial charge in [0.15, 0.2) is 0 Å². The molecule has 1 fully saturated rings. The van der Waals surface area contributed by atoms with Gasteiger partial charge in [0, 0.05) is 5.92 Å². The summed E-state index contributed by atoms with van der Waals surface area (Å²) in [5, 5.41) is 0. The first-order valence-electron chi connectivity index (χ1n) is 11.0. The van der Waals surface area contributed by atoms with E-state index in [2.05, 4.69) is 91.0 Å². The van der Waals surface area contributed by atoms with Crippen LogP contribution in [0.15, 0.2) is 115 Å². The summed E-state index contributed by atoms with van der Waals surface area (Å²) in [7, 11) is 0. The second-order valence-corrected chi connectivity index (χ2v) is 8.35. The van der Waals surface area contributed by atoms with E-state index in [1.165, 1.54) is 5.57 Å². The van der Waals surface area contributed by atoms with Crippen molar-refractivity contribution in [2.75, 3.05) is 6.61 Å². The number of benzene rings is 3. The van der Waals surface area contributed by atoms with E-state index in [4.69, 9.17) is 4.74 Å². The second-order valence-electron chi connectivity index (χ2n) is 8.35. The molecular formula is C29H26O2. The number of carbonyl (C=O) groups excluding carboxylic acids is 1. The smallest absolute Gasteiger partial charge is 0.144 e. The zero-order valence-electron chi connectivity index (χ0n) is 17.4. The number of ether oxygens (including phenoxy) is 1. The number of rotatable bonds is 7. The lowest BCUT2D eigenvalue weighted by molar-refractivity contribution is -0.110. The fourth-order valence-electron chi connectivity index (χ4n) is 5.23. The molecule has 1 saturated carbocycles. The van der Waals surface area contributed by atoms with Crippen molar-refractivity contribution in [1.29, 1.82) is 0 Å². The van der Waals surface area contributed by atoms with E-state index in [0.717, 1.165) is 29.4 Å². The van der Waals surface area contributed by atoms with Gasteiger partial charge in [0.05, 0.1) is 6.61 Å². The summed E-state index contributed by atoms with van der Waals surface area (Å²) < 4.78 is 6.83. The van der Waals surface area contributed by atoms with Gasteiger partial charge in [0.2, 0.25) is 0 Å². The van der Waals surface area contributed by atoms with Crippen LogP contribution in [0.3, 0.4) is 0 Å². The molecule has 0 aliphatic heterocycles. The number of allylic oxidation sites excluding steroid dienone is 3. The first-order valence-corrected chi connectivity index (χ1v) is 11.0. The quantitative estimate of drug-likeness (QED) is 0.276. The van der Waals surface area contributed by atoms with Crippen LogP contribution in [-0.2, 0) is 15.1 Å². The van der Waals surface area contributed by atoms with Gasteiger partial charge in [-0.3, -0.25) is 0 Å². The lowest BCUT2D eigenvalue weighted by Gasteiger charge is -2.35. The van der Waals surface area contributed by atoms with E-state index in [1.807, 2.05) is 18.2 Å². The van der Waals surface area contributed by atoms with Crippen LogP contribution in [0.25, 0.3) is 0 Å². The molecule has 2 aliphatic carbocycles. The Kier molecular flexibility index (Phi) is 5.40. The van der Waals surface area contributed by atoms with Gasteiger partial charge in [-0.2, -0.15) is 0 Å². The van der Waals surface area contributed by atoms with E-state index >= 15 is 0 Å². The Balaban J connectivity index is 1.58. The predicted octanol–water partition coefficient (Wildman–Crippen LogP) is 5.94. The molecule has 0 heterocycles. The van der Waals surface area contributed by atoms with Crippen LogP contribution in [0.4, 0.5) is 0 Å². The van der Waals surface area contributed by atoms with Gasteiger partial charge in [0.1, 0.15) is 11.9 Å². The molecule has 0 amide bonds. The van der Waals surface area contributed by atoms with E-state index in [-0.39, 0.29) is 5.92 Å². The molecule has 0 unspecified atom stereocenters. The molecular weight excluding hydrogens is 380 g/mol. The zero-order valence-corrected chi connectivity index (χ0v) is 17.4. The summed E-state index contributed by atoms with van der Waals surface area (Å²) in [6.07, 6.45) is 8.76. The SMILES string of the molecule is O=C[C@@H]1/C(=C/COC(c2ccccc2)(c2ccccc2)c2ccccc2)[C@@H]2C=C[C@H]1C2. The molecule has 3 aromatic carbocycles. The molecule has 2 bridgehead atoms. The van der Waals surface area contributed by atoms with Crippen LogP contribution in [0.1, 0.15) is 23.1 Å². The average Bonchev–Trinajstić information content (AvgIpc) is 3.45. The molecule has 0 aromatic heterocycles. The second kappa shape index (κ2) is 8.49. The van der Waals surface area contributed by atoms with Crippen molar-refractivity contribution in [1.82, 2.24) is 0 Å². The van der Waals surface area contributed by atoms with Crippen molar-refractivity contribution in [3.05, 3.63) is 131 Å². The third-order valence-corrected chi connectivity index (χ3v) is 6.70. The average molecular weight is 407 g/mol. The van der Waals surface area contributed by atoms with Gasteiger partial charge in [-0.25, -0.2) is 0 Å². The highest BCUT2D eigenvalue weighted by Crippen LogP contribution is 2.47. The molecule has 0 saturated heterocycles. The van der Waals surface area contributed by atoms with Crippen LogP contribution in [0.5, 0.6) is 0 Å². The highest BCUT2D eigenvalue weighted by atomic mass is 16.5. The molecule has 2 heteroatoms. The van der Waals surface area contributed by atoms with Crippen molar-refractivity contribution < 1.29 is 9.53 Å². The topological polar surface area (TPSA) is 26.3 Å². The van der Waals surface area contributed by atoms with Crippen molar-refractivity contribution >= 4 is 6.29 Å². The minimum Gasteiger partial charge on any atom is -0.357 e. The molecule has 0 N–H and O–H groups in total. The summed E-state index contributed by atoms with van der Waals surface area (Å²) in [6, 6.07) is 31.2. The third kappa shape index (κ3) is 3.47. The fraction of sp³-hybridized carbons (Fsp3) is 0.207. The Morgan fingerprint density at radius 1 is 0.774 bits per heavy atom. The monoisotopic (exact) mass is 406 g/mol. The minimum atomic E-state index is -0.731. The Morgan fingerprint density at radius 2 is 1.29 bits per heavy atom. The van der Waals surface area contributed by atoms with E-state index < -0.39 is 5.60 Å². The van der Waals surface area contributed by atoms with Gasteiger partial charge >= 0.3 is 0 Å². The van der Waals surface area contributed by atoms with Crippen LogP contribution in [-0.4, -0.2) is 12.9 Å². The molecule has 3 atom stereocenters. The Bertz CT molecular complexity index is 987. The normalized spacial score (nSPS) is 23.4. The van der Waals surface area contributed by atoms with Crippen LogP contribution >= 0.6 is 0 Å². The molecule has 0 spiro atoms. The maximum Gasteiger partial charge on any atom is 0.144 e. The maximum absolute atomic E-state index is 11.7. The summed E-state index contributed by atoms with van der Waals surface area (Å²) in [5.74, 6) is 0.734. The molecule has 2 nitrogen and oxygen atoms in total. The number of hydrogen-bond acceptors (Lipinski definition) is 2. The van der Waals surface area contributed by atoms with Crippen LogP contribution < -0.4 is 0 Å². The number of carbonyl (C=O) groups is 1. The predicted molar refractivity (Wildman–Crippen MR) is 124 cm³/mol. The summed E-state index contributed by atoms with van der Waals surface area (Å²) in [5.41, 5.74) is 3.75. The first kappa shape index (κ1) is 19.7. The summed E-state index contributed by atoms with van der Waals surface area (Å²) >= 11 is 0. The molecule has 31 heavy (non-hydrogen) atoms. The van der Waals surface area contributed by atoms with Gasteiger partial charge < -0.3 is 9.53 Å². The first-order chi connectivity index (χ1) is 15.3. The van der Waals surface area contributed by atoms with E-state index in [1.54, 1.807) is 0 Å². The zero-order chi connectivity index (χ0) is 21.1. The maximum atomic E-state index is 11.7. The van der Waals surface area contributed by atoms with Crippen molar-refractivity contribution in [2.45, 2.75) is 12.0 Å². The van der Waals surface area contributed by atoms with E-state index in [0.29, 0.717) is 18.4 Å². The Morgan fingerprint density at radius 3 is 1.77 bits per heavy atom. The standard InChI is InChI=1S/C29H26O2/c30-21-28-23-17-16-22(20-23)27(28)18-19-31-29(24-10-4-1-5-11-24,25-12-6-2-7-13-25)26-14-8-3-9-15-26/h1-18,21-23,28H,19-20H2/b27-18+/t22-,23+,28+/m1/s1. The molecule has 3 aromatic rings. The Hall–Kier alpha value is -3.23. The van der Waals surface area contributed by atoms with Crippen molar-refractivity contribution in [3.8, 4) is 0 Å². The highest BCUT2D eigenvalue weighted by Gasteiger charge is 2.41. The van der Waals surface area contributed by atoms with Gasteiger partial charge in [0.25, 0.3) is 0 Å². The summed E-state index contributed by atoms with van der Waals surface area (Å²) in [6.45, 7) is 0.440. The number of aldehydes is 1. The number of fused-ring (bicyclic) bond motifs is 2. The molecule has 2 aliphatic rings. The minimum absolute atomic E-state index is 0.00169. The summed E-state index contributed by atoms with van der Waals surface area (Å²) in [4.78, 5) is 11.7. The van der Waals surface area contributed by atoms with Crippen LogP contribution in [0, 0.1) is 17.8 Å². The van der Waals surface area contributed by atoms with Crippen LogP contribution in [0.2, 0.25) is 0 Å².